The van der Waals surface area contributed by atoms with Gasteiger partial charge in [-0.2, -0.15) is 0 Å². The number of β-lactam (4-membered cyclic amide) rings is 1. The van der Waals surface area contributed by atoms with Crippen molar-refractivity contribution < 1.29 is 37.9 Å². The number of nitrogens with two attached hydrogens (primary N) is 1. The van der Waals surface area contributed by atoms with Crippen LogP contribution in [0.2, 0.25) is 0 Å². The highest BCUT2D eigenvalue weighted by Gasteiger charge is 2.57. The quantitative estimate of drug-likeness (QED) is 0.0748. The zero-order valence-corrected chi connectivity index (χ0v) is 23.4. The molecule has 1 aromatic carbocycles. The van der Waals surface area contributed by atoms with Crippen LogP contribution in [-0.4, -0.2) is 67.4 Å². The van der Waals surface area contributed by atoms with Gasteiger partial charge in [0.2, 0.25) is 5.91 Å². The molecule has 5 N–H and O–H groups in total. The van der Waals surface area contributed by atoms with Crippen LogP contribution in [0.3, 0.4) is 0 Å². The van der Waals surface area contributed by atoms with E-state index in [1.807, 2.05) is 0 Å². The second-order valence-electron chi connectivity index (χ2n) is 8.81. The predicted octanol–water partition coefficient (Wildman–Crippen LogP) is 2.67. The van der Waals surface area contributed by atoms with Crippen LogP contribution in [0, 0.1) is 22.9 Å². The molecule has 41 heavy (non-hydrogen) atoms. The number of nitrogens with zero attached hydrogens (tertiary/aromatic N) is 3. The van der Waals surface area contributed by atoms with E-state index in [1.54, 1.807) is 0 Å². The Labute approximate surface area is 243 Å². The molecule has 0 saturated carbocycles. The maximum atomic E-state index is 14.2. The Morgan fingerprint density at radius 3 is 2.68 bits per heavy atom. The second kappa shape index (κ2) is 11.0. The fourth-order valence-corrected chi connectivity index (χ4v) is 8.31. The number of nitrogens with one attached hydrogen (secondary N) is 1. The highest BCUT2D eigenvalue weighted by atomic mass is 32.2. The molecule has 0 bridgehead atoms. The Bertz CT molecular complexity index is 1730. The fourth-order valence-electron chi connectivity index (χ4n) is 4.18. The van der Waals surface area contributed by atoms with Crippen LogP contribution < -0.4 is 16.5 Å². The Morgan fingerprint density at radius 1 is 1.27 bits per heavy atom. The third kappa shape index (κ3) is 5.15. The number of halogens is 3. The van der Waals surface area contributed by atoms with Crippen LogP contribution in [0.15, 0.2) is 43.2 Å². The lowest BCUT2D eigenvalue weighted by atomic mass is 9.87. The molecule has 2 unspecified atom stereocenters. The molecule has 3 aromatic rings. The topological polar surface area (TPSA) is 175 Å². The summed E-state index contributed by atoms with van der Waals surface area (Å²) in [6.07, 6.45) is 1.34. The summed E-state index contributed by atoms with van der Waals surface area (Å²) < 4.78 is 41.3. The first-order chi connectivity index (χ1) is 19.5. The number of aromatic nitrogens is 1. The van der Waals surface area contributed by atoms with Crippen molar-refractivity contribution >= 4 is 84.9 Å². The van der Waals surface area contributed by atoms with Crippen LogP contribution in [-0.2, 0) is 14.4 Å². The number of nitrogen functional groups attached to an aromatic ring is 1. The van der Waals surface area contributed by atoms with Crippen molar-refractivity contribution in [2.45, 2.75) is 15.6 Å². The maximum absolute atomic E-state index is 14.2. The molecule has 2 aromatic heterocycles. The number of thiazole rings is 1. The van der Waals surface area contributed by atoms with Gasteiger partial charge in [-0.1, -0.05) is 23.0 Å². The molecule has 18 heteroatoms. The summed E-state index contributed by atoms with van der Waals surface area (Å²) in [6, 6.07) is 0.729. The van der Waals surface area contributed by atoms with Gasteiger partial charge in [0.25, 0.3) is 5.91 Å². The van der Waals surface area contributed by atoms with Gasteiger partial charge >= 0.3 is 5.97 Å². The number of amides is 2. The molecule has 0 radical (unpaired) electrons. The molecule has 2 aliphatic heterocycles. The van der Waals surface area contributed by atoms with Gasteiger partial charge in [0.15, 0.2) is 33.7 Å². The van der Waals surface area contributed by atoms with E-state index >= 15 is 0 Å². The molecule has 2 amide bonds. The Hall–Kier alpha value is -3.61. The van der Waals surface area contributed by atoms with Gasteiger partial charge in [-0.25, -0.2) is 18.2 Å². The molecule has 5 rings (SSSR count). The van der Waals surface area contributed by atoms with Crippen molar-refractivity contribution in [1.82, 2.24) is 15.2 Å². The zero-order chi connectivity index (χ0) is 29.6. The van der Waals surface area contributed by atoms with E-state index in [9.17, 15) is 42.7 Å². The first-order valence-corrected chi connectivity index (χ1v) is 14.9. The lowest BCUT2D eigenvalue weighted by Gasteiger charge is -2.53. The SMILES string of the molecule is Nc1nc(C(=NO)C(=O)NC2C(=O)N3CC(C=CSc4cc(=O)c5cc(F)c(F)c(F)c5s4)(C(=O)O)CS[C@H]23)cs1. The molecule has 0 spiro atoms. The Morgan fingerprint density at radius 2 is 2.02 bits per heavy atom. The van der Waals surface area contributed by atoms with Gasteiger partial charge in [-0.05, 0) is 11.5 Å². The van der Waals surface area contributed by atoms with Crippen LogP contribution in [0.1, 0.15) is 5.69 Å². The number of benzene rings is 1. The van der Waals surface area contributed by atoms with E-state index in [0.29, 0.717) is 17.4 Å². The number of hydrogen-bond acceptors (Lipinski definition) is 12. The summed E-state index contributed by atoms with van der Waals surface area (Å²) >= 11 is 3.73. The van der Waals surface area contributed by atoms with Crippen molar-refractivity contribution in [3.8, 4) is 0 Å². The molecular weight excluding hydrogens is 628 g/mol. The van der Waals surface area contributed by atoms with Gasteiger partial charge in [-0.3, -0.25) is 19.2 Å². The first-order valence-electron chi connectivity index (χ1n) is 11.3. The number of hydrogen-bond donors (Lipinski definition) is 4. The van der Waals surface area contributed by atoms with E-state index in [2.05, 4.69) is 15.5 Å². The average Bonchev–Trinajstić information content (AvgIpc) is 3.37. The predicted molar refractivity (Wildman–Crippen MR) is 148 cm³/mol. The maximum Gasteiger partial charge on any atom is 0.316 e. The number of carboxylic acid groups (broad SMARTS) is 1. The third-order valence-corrected chi connectivity index (χ3v) is 10.6. The number of carbonyl (C=O) groups is 3. The van der Waals surface area contributed by atoms with Gasteiger partial charge in [0.1, 0.15) is 22.5 Å². The fraction of sp³-hybridized carbons (Fsp3) is 0.217. The summed E-state index contributed by atoms with van der Waals surface area (Å²) in [5.74, 6) is -7.30. The van der Waals surface area contributed by atoms with Crippen LogP contribution in [0.4, 0.5) is 18.3 Å². The molecule has 2 saturated heterocycles. The highest BCUT2D eigenvalue weighted by Crippen LogP contribution is 2.44. The molecular formula is C23H16F3N5O6S4. The summed E-state index contributed by atoms with van der Waals surface area (Å²) in [5, 5.41) is 26.7. The molecule has 3 atom stereocenters. The molecule has 2 fully saturated rings. The van der Waals surface area contributed by atoms with Crippen LogP contribution in [0.25, 0.3) is 10.1 Å². The number of carbonyl (C=O) groups excluding carboxylic acids is 2. The van der Waals surface area contributed by atoms with E-state index < -0.39 is 63.2 Å². The standard InChI is InChI=1S/C23H16F3N5O6S4/c24-9-3-8-11(32)4-12(41-17(8)14(26)13(9)25)38-2-1-23(21(35)36)6-31-19(34)16(20(31)40-7-23)29-18(33)15(30-37)10-5-39-22(27)28-10/h1-5,16,20,37H,6-7H2,(H2,27,28)(H,29,33)(H,35,36)/t16?,20-,23?/m1/s1. The minimum absolute atomic E-state index is 0.0108. The number of aliphatic carboxylic acids is 1. The number of carboxylic acids is 1. The number of fused-ring (bicyclic) bond motifs is 2. The average molecular weight is 644 g/mol. The van der Waals surface area contributed by atoms with Crippen molar-refractivity contribution in [3.63, 3.8) is 0 Å². The number of oxime groups is 1. The van der Waals surface area contributed by atoms with E-state index in [1.165, 1.54) is 21.8 Å². The van der Waals surface area contributed by atoms with Crippen LogP contribution in [0.5, 0.6) is 0 Å². The minimum atomic E-state index is -1.70. The normalized spacial score (nSPS) is 22.6. The van der Waals surface area contributed by atoms with E-state index in [-0.39, 0.29) is 37.4 Å². The van der Waals surface area contributed by atoms with Crippen molar-refractivity contribution in [2.75, 3.05) is 18.0 Å². The first kappa shape index (κ1) is 28.9. The molecule has 11 nitrogen and oxygen atoms in total. The van der Waals surface area contributed by atoms with Gasteiger partial charge in [-0.15, -0.1) is 34.4 Å². The van der Waals surface area contributed by atoms with E-state index in [4.69, 9.17) is 5.73 Å². The Balaban J connectivity index is 1.29. The van der Waals surface area contributed by atoms with Crippen molar-refractivity contribution in [3.05, 3.63) is 62.4 Å². The van der Waals surface area contributed by atoms with E-state index in [0.717, 1.165) is 40.9 Å². The Kier molecular flexibility index (Phi) is 7.75. The largest absolute Gasteiger partial charge is 0.481 e. The summed E-state index contributed by atoms with van der Waals surface area (Å²) in [7, 11) is 0. The third-order valence-electron chi connectivity index (χ3n) is 6.30. The number of rotatable bonds is 7. The summed E-state index contributed by atoms with van der Waals surface area (Å²) in [4.78, 5) is 55.3. The molecule has 0 aliphatic carbocycles. The van der Waals surface area contributed by atoms with Gasteiger partial charge in [0, 0.05) is 29.1 Å². The molecule has 2 aliphatic rings. The zero-order valence-electron chi connectivity index (χ0n) is 20.2. The lowest BCUT2D eigenvalue weighted by molar-refractivity contribution is -0.156. The smallest absolute Gasteiger partial charge is 0.316 e. The van der Waals surface area contributed by atoms with Gasteiger partial charge < -0.3 is 26.3 Å². The lowest BCUT2D eigenvalue weighted by Crippen LogP contribution is -2.73. The second-order valence-corrected chi connectivity index (χ2v) is 13.1. The minimum Gasteiger partial charge on any atom is -0.481 e. The summed E-state index contributed by atoms with van der Waals surface area (Å²) in [5.41, 5.74) is 2.87. The monoisotopic (exact) mass is 643 g/mol. The molecule has 4 heterocycles. The number of anilines is 1. The van der Waals surface area contributed by atoms with Crippen LogP contribution >= 0.6 is 46.2 Å². The van der Waals surface area contributed by atoms with Crippen molar-refractivity contribution in [1.29, 1.82) is 0 Å². The highest BCUT2D eigenvalue weighted by molar-refractivity contribution is 8.04. The molecule has 214 valence electrons. The number of thioether (sulfide) groups is 2. The van der Waals surface area contributed by atoms with Gasteiger partial charge in [0.05, 0.1) is 8.91 Å². The van der Waals surface area contributed by atoms with Crippen molar-refractivity contribution in [2.24, 2.45) is 10.6 Å². The summed E-state index contributed by atoms with van der Waals surface area (Å²) in [6.45, 7) is -0.223.